The predicted molar refractivity (Wildman–Crippen MR) is 54.8 cm³/mol. The van der Waals surface area contributed by atoms with E-state index in [-0.39, 0.29) is 6.42 Å². The van der Waals surface area contributed by atoms with Gasteiger partial charge in [-0.05, 0) is 12.8 Å². The quantitative estimate of drug-likeness (QED) is 0.790. The first kappa shape index (κ1) is 9.89. The van der Waals surface area contributed by atoms with Crippen molar-refractivity contribution in [1.82, 2.24) is 9.97 Å². The predicted octanol–water partition coefficient (Wildman–Crippen LogP) is 0.704. The van der Waals surface area contributed by atoms with Gasteiger partial charge in [-0.1, -0.05) is 0 Å². The van der Waals surface area contributed by atoms with Crippen molar-refractivity contribution in [2.75, 3.05) is 18.0 Å². The maximum absolute atomic E-state index is 10.5. The molecule has 1 fully saturated rings. The third-order valence-electron chi connectivity index (χ3n) is 2.47. The highest BCUT2D eigenvalue weighted by Gasteiger charge is 2.14. The maximum atomic E-state index is 10.5. The Balaban J connectivity index is 2.14. The van der Waals surface area contributed by atoms with Crippen LogP contribution < -0.4 is 4.90 Å². The van der Waals surface area contributed by atoms with Crippen LogP contribution in [0.3, 0.4) is 0 Å². The van der Waals surface area contributed by atoms with Gasteiger partial charge in [-0.2, -0.15) is 0 Å². The Labute approximate surface area is 87.8 Å². The van der Waals surface area contributed by atoms with Crippen LogP contribution in [0.5, 0.6) is 0 Å². The van der Waals surface area contributed by atoms with Crippen LogP contribution >= 0.6 is 0 Å². The maximum Gasteiger partial charge on any atom is 0.309 e. The van der Waals surface area contributed by atoms with Crippen molar-refractivity contribution in [1.29, 1.82) is 0 Å². The van der Waals surface area contributed by atoms with Gasteiger partial charge in [0.05, 0.1) is 12.1 Å². The summed E-state index contributed by atoms with van der Waals surface area (Å²) in [4.78, 5) is 20.8. The molecular formula is C10H13N3O2. The summed E-state index contributed by atoms with van der Waals surface area (Å²) in [6, 6.07) is 1.76. The molecule has 1 aliphatic rings. The molecule has 2 rings (SSSR count). The Hall–Kier alpha value is -1.65. The molecule has 1 N–H and O–H groups in total. The lowest BCUT2D eigenvalue weighted by molar-refractivity contribution is -0.136. The number of carboxylic acids is 1. The third-order valence-corrected chi connectivity index (χ3v) is 2.47. The van der Waals surface area contributed by atoms with Crippen molar-refractivity contribution in [3.63, 3.8) is 0 Å². The van der Waals surface area contributed by atoms with E-state index in [2.05, 4.69) is 14.9 Å². The van der Waals surface area contributed by atoms with Crippen LogP contribution in [0.1, 0.15) is 18.5 Å². The van der Waals surface area contributed by atoms with Gasteiger partial charge in [-0.3, -0.25) is 4.79 Å². The lowest BCUT2D eigenvalue weighted by atomic mass is 10.3. The third kappa shape index (κ3) is 2.43. The number of nitrogens with zero attached hydrogens (tertiary/aromatic N) is 3. The monoisotopic (exact) mass is 207 g/mol. The molecule has 15 heavy (non-hydrogen) atoms. The molecule has 0 atom stereocenters. The van der Waals surface area contributed by atoms with E-state index in [4.69, 9.17) is 5.11 Å². The van der Waals surface area contributed by atoms with Gasteiger partial charge in [0.1, 0.15) is 12.1 Å². The van der Waals surface area contributed by atoms with Crippen molar-refractivity contribution in [3.8, 4) is 0 Å². The van der Waals surface area contributed by atoms with E-state index in [9.17, 15) is 4.79 Å². The lowest BCUT2D eigenvalue weighted by Crippen LogP contribution is -2.19. The highest BCUT2D eigenvalue weighted by atomic mass is 16.4. The molecule has 1 aliphatic heterocycles. The summed E-state index contributed by atoms with van der Waals surface area (Å²) in [5.74, 6) is -0.0141. The fourth-order valence-electron chi connectivity index (χ4n) is 1.76. The largest absolute Gasteiger partial charge is 0.481 e. The summed E-state index contributed by atoms with van der Waals surface area (Å²) in [6.07, 6.45) is 3.76. The molecule has 0 amide bonds. The average Bonchev–Trinajstić information content (AvgIpc) is 2.69. The molecular weight excluding hydrogens is 194 g/mol. The van der Waals surface area contributed by atoms with E-state index in [1.165, 1.54) is 19.2 Å². The summed E-state index contributed by atoms with van der Waals surface area (Å²) >= 11 is 0. The van der Waals surface area contributed by atoms with Crippen molar-refractivity contribution in [2.45, 2.75) is 19.3 Å². The van der Waals surface area contributed by atoms with Gasteiger partial charge in [-0.15, -0.1) is 0 Å². The number of aromatic nitrogens is 2. The molecule has 0 radical (unpaired) electrons. The Kier molecular flexibility index (Phi) is 2.80. The SMILES string of the molecule is O=C(O)Cc1cc(N2CCCC2)ncn1. The van der Waals surface area contributed by atoms with Gasteiger partial charge in [0.2, 0.25) is 0 Å². The number of rotatable bonds is 3. The topological polar surface area (TPSA) is 66.3 Å². The second kappa shape index (κ2) is 4.25. The van der Waals surface area contributed by atoms with E-state index in [0.717, 1.165) is 18.9 Å². The fraction of sp³-hybridized carbons (Fsp3) is 0.500. The Morgan fingerprint density at radius 1 is 1.40 bits per heavy atom. The van der Waals surface area contributed by atoms with Crippen molar-refractivity contribution < 1.29 is 9.90 Å². The Morgan fingerprint density at radius 3 is 2.80 bits per heavy atom. The minimum Gasteiger partial charge on any atom is -0.481 e. The molecule has 2 heterocycles. The van der Waals surface area contributed by atoms with Crippen LogP contribution in [0.2, 0.25) is 0 Å². The molecule has 5 nitrogen and oxygen atoms in total. The highest BCUT2D eigenvalue weighted by molar-refractivity contribution is 5.69. The van der Waals surface area contributed by atoms with Gasteiger partial charge in [0.25, 0.3) is 0 Å². The number of hydrogen-bond donors (Lipinski definition) is 1. The van der Waals surface area contributed by atoms with Gasteiger partial charge in [-0.25, -0.2) is 9.97 Å². The summed E-state index contributed by atoms with van der Waals surface area (Å²) < 4.78 is 0. The second-order valence-corrected chi connectivity index (χ2v) is 3.63. The molecule has 0 bridgehead atoms. The average molecular weight is 207 g/mol. The van der Waals surface area contributed by atoms with Gasteiger partial charge in [0.15, 0.2) is 0 Å². The molecule has 0 aromatic carbocycles. The summed E-state index contributed by atoms with van der Waals surface area (Å²) in [5, 5.41) is 8.65. The number of hydrogen-bond acceptors (Lipinski definition) is 4. The van der Waals surface area contributed by atoms with Crippen LogP contribution in [0, 0.1) is 0 Å². The molecule has 0 spiro atoms. The van der Waals surface area contributed by atoms with E-state index < -0.39 is 5.97 Å². The van der Waals surface area contributed by atoms with E-state index in [1.807, 2.05) is 0 Å². The number of carbonyl (C=O) groups is 1. The molecule has 1 saturated heterocycles. The molecule has 1 aromatic heterocycles. The minimum absolute atomic E-state index is 0.0383. The van der Waals surface area contributed by atoms with Crippen molar-refractivity contribution >= 4 is 11.8 Å². The molecule has 0 unspecified atom stereocenters. The zero-order valence-corrected chi connectivity index (χ0v) is 8.39. The zero-order valence-electron chi connectivity index (χ0n) is 8.39. The number of carboxylic acid groups (broad SMARTS) is 1. The summed E-state index contributed by atoms with van der Waals surface area (Å²) in [6.45, 7) is 2.01. The van der Waals surface area contributed by atoms with Crippen LogP contribution in [0.25, 0.3) is 0 Å². The highest BCUT2D eigenvalue weighted by Crippen LogP contribution is 2.17. The first-order chi connectivity index (χ1) is 7.25. The number of anilines is 1. The van der Waals surface area contributed by atoms with E-state index >= 15 is 0 Å². The molecule has 0 saturated carbocycles. The van der Waals surface area contributed by atoms with Crippen LogP contribution in [-0.4, -0.2) is 34.1 Å². The smallest absolute Gasteiger partial charge is 0.309 e. The van der Waals surface area contributed by atoms with Crippen molar-refractivity contribution in [3.05, 3.63) is 18.1 Å². The normalized spacial score (nSPS) is 15.6. The fourth-order valence-corrected chi connectivity index (χ4v) is 1.76. The lowest BCUT2D eigenvalue weighted by Gasteiger charge is -2.15. The van der Waals surface area contributed by atoms with Gasteiger partial charge >= 0.3 is 5.97 Å². The first-order valence-corrected chi connectivity index (χ1v) is 5.03. The molecule has 5 heteroatoms. The molecule has 1 aromatic rings. The van der Waals surface area contributed by atoms with Crippen LogP contribution in [-0.2, 0) is 11.2 Å². The Bertz CT molecular complexity index is 361. The molecule has 80 valence electrons. The summed E-state index contributed by atoms with van der Waals surface area (Å²) in [5.41, 5.74) is 0.569. The summed E-state index contributed by atoms with van der Waals surface area (Å²) in [7, 11) is 0. The standard InChI is InChI=1S/C10H13N3O2/c14-10(15)6-8-5-9(12-7-11-8)13-3-1-2-4-13/h5,7H,1-4,6H2,(H,14,15). The van der Waals surface area contributed by atoms with Crippen molar-refractivity contribution in [2.24, 2.45) is 0 Å². The van der Waals surface area contributed by atoms with E-state index in [0.29, 0.717) is 5.69 Å². The zero-order chi connectivity index (χ0) is 10.7. The minimum atomic E-state index is -0.860. The Morgan fingerprint density at radius 2 is 2.13 bits per heavy atom. The second-order valence-electron chi connectivity index (χ2n) is 3.63. The van der Waals surface area contributed by atoms with E-state index in [1.54, 1.807) is 6.07 Å². The first-order valence-electron chi connectivity index (χ1n) is 5.03. The van der Waals surface area contributed by atoms with Crippen LogP contribution in [0.4, 0.5) is 5.82 Å². The van der Waals surface area contributed by atoms with Gasteiger partial charge in [0, 0.05) is 19.2 Å². The number of aliphatic carboxylic acids is 1. The van der Waals surface area contributed by atoms with Gasteiger partial charge < -0.3 is 10.0 Å². The van der Waals surface area contributed by atoms with Crippen LogP contribution in [0.15, 0.2) is 12.4 Å². The molecule has 0 aliphatic carbocycles.